The Morgan fingerprint density at radius 3 is 2.89 bits per heavy atom. The molecule has 6 nitrogen and oxygen atoms in total. The van der Waals surface area contributed by atoms with Crippen molar-refractivity contribution in [1.29, 1.82) is 0 Å². The summed E-state index contributed by atoms with van der Waals surface area (Å²) in [6.45, 7) is 4.64. The van der Waals surface area contributed by atoms with E-state index in [1.54, 1.807) is 22.6 Å². The quantitative estimate of drug-likeness (QED) is 0.738. The van der Waals surface area contributed by atoms with Crippen LogP contribution >= 0.6 is 0 Å². The molecule has 1 fully saturated rings. The van der Waals surface area contributed by atoms with Gasteiger partial charge < -0.3 is 19.3 Å². The average molecular weight is 264 g/mol. The highest BCUT2D eigenvalue weighted by Crippen LogP contribution is 2.28. The van der Waals surface area contributed by atoms with Gasteiger partial charge in [-0.2, -0.15) is 0 Å². The Hall–Kier alpha value is -1.82. The molecular weight excluding hydrogens is 248 g/mol. The fourth-order valence-electron chi connectivity index (χ4n) is 2.80. The van der Waals surface area contributed by atoms with E-state index >= 15 is 0 Å². The molecule has 6 heteroatoms. The van der Waals surface area contributed by atoms with Gasteiger partial charge in [-0.1, -0.05) is 0 Å². The normalized spacial score (nSPS) is 26.0. The SMILES string of the molecule is Cc1cn2c(c(O)c1=O)C(=O)N1[C@H](C)CCO[C@@H]1C2. The molecule has 0 aliphatic carbocycles. The van der Waals surface area contributed by atoms with Gasteiger partial charge in [0.1, 0.15) is 0 Å². The summed E-state index contributed by atoms with van der Waals surface area (Å²) in [5.74, 6) is -0.792. The molecule has 0 radical (unpaired) electrons. The van der Waals surface area contributed by atoms with Crippen LogP contribution in [0.25, 0.3) is 0 Å². The molecule has 1 aromatic heterocycles. The van der Waals surface area contributed by atoms with Crippen LogP contribution in [0, 0.1) is 6.92 Å². The Morgan fingerprint density at radius 1 is 1.42 bits per heavy atom. The molecule has 0 unspecified atom stereocenters. The van der Waals surface area contributed by atoms with Gasteiger partial charge in [-0.15, -0.1) is 0 Å². The van der Waals surface area contributed by atoms with Gasteiger partial charge in [0.25, 0.3) is 5.91 Å². The summed E-state index contributed by atoms with van der Waals surface area (Å²) >= 11 is 0. The fourth-order valence-corrected chi connectivity index (χ4v) is 2.80. The van der Waals surface area contributed by atoms with Crippen molar-refractivity contribution in [1.82, 2.24) is 9.47 Å². The van der Waals surface area contributed by atoms with E-state index in [-0.39, 0.29) is 23.9 Å². The number of aromatic nitrogens is 1. The van der Waals surface area contributed by atoms with Crippen LogP contribution in [0.1, 0.15) is 29.4 Å². The highest BCUT2D eigenvalue weighted by Gasteiger charge is 2.40. The summed E-state index contributed by atoms with van der Waals surface area (Å²) in [6.07, 6.45) is 2.05. The number of fused-ring (bicyclic) bond motifs is 2. The second kappa shape index (κ2) is 4.09. The van der Waals surface area contributed by atoms with Crippen LogP contribution in [0.4, 0.5) is 0 Å². The second-order valence-electron chi connectivity index (χ2n) is 5.17. The number of nitrogens with zero attached hydrogens (tertiary/aromatic N) is 2. The zero-order chi connectivity index (χ0) is 13.7. The number of ether oxygens (including phenoxy) is 1. The Bertz CT molecular complexity index is 607. The third-order valence-electron chi connectivity index (χ3n) is 3.86. The molecule has 1 saturated heterocycles. The molecule has 0 saturated carbocycles. The first kappa shape index (κ1) is 12.2. The number of carbonyl (C=O) groups excluding carboxylic acids is 1. The van der Waals surface area contributed by atoms with Crippen molar-refractivity contribution in [3.8, 4) is 5.75 Å². The number of pyridine rings is 1. The lowest BCUT2D eigenvalue weighted by Gasteiger charge is -2.44. The summed E-state index contributed by atoms with van der Waals surface area (Å²) in [5, 5.41) is 9.95. The Balaban J connectivity index is 2.16. The van der Waals surface area contributed by atoms with E-state index in [2.05, 4.69) is 0 Å². The molecular formula is C13H16N2O4. The monoisotopic (exact) mass is 264 g/mol. The van der Waals surface area contributed by atoms with Crippen LogP contribution in [0.15, 0.2) is 11.0 Å². The molecule has 2 aliphatic heterocycles. The lowest BCUT2D eigenvalue weighted by Crippen LogP contribution is -2.56. The highest BCUT2D eigenvalue weighted by atomic mass is 16.5. The summed E-state index contributed by atoms with van der Waals surface area (Å²) in [5.41, 5.74) is 0.0131. The number of aromatic hydroxyl groups is 1. The van der Waals surface area contributed by atoms with E-state index in [1.807, 2.05) is 6.92 Å². The molecule has 1 amide bonds. The van der Waals surface area contributed by atoms with Crippen LogP contribution in [0.5, 0.6) is 5.75 Å². The molecule has 2 atom stereocenters. The van der Waals surface area contributed by atoms with E-state index in [4.69, 9.17) is 4.74 Å². The summed E-state index contributed by atoms with van der Waals surface area (Å²) < 4.78 is 7.23. The Morgan fingerprint density at radius 2 is 2.16 bits per heavy atom. The number of hydrogen-bond acceptors (Lipinski definition) is 4. The van der Waals surface area contributed by atoms with Crippen molar-refractivity contribution in [3.05, 3.63) is 27.7 Å². The van der Waals surface area contributed by atoms with Crippen molar-refractivity contribution < 1.29 is 14.6 Å². The lowest BCUT2D eigenvalue weighted by molar-refractivity contribution is -0.112. The maximum Gasteiger partial charge on any atom is 0.276 e. The molecule has 0 spiro atoms. The van der Waals surface area contributed by atoms with E-state index in [1.165, 1.54) is 0 Å². The molecule has 2 aliphatic rings. The van der Waals surface area contributed by atoms with Crippen LogP contribution in [0.2, 0.25) is 0 Å². The van der Waals surface area contributed by atoms with Gasteiger partial charge in [0, 0.05) is 17.8 Å². The molecule has 0 bridgehead atoms. The molecule has 0 aromatic carbocycles. The standard InChI is InChI=1S/C13H16N2O4/c1-7-5-14-6-9-15(8(2)3-4-19-9)13(18)10(14)12(17)11(7)16/h5,8-9,17H,3-4,6H2,1-2H3/t8-,9-/m1/s1. The number of hydrogen-bond donors (Lipinski definition) is 1. The lowest BCUT2D eigenvalue weighted by atomic mass is 10.1. The first-order chi connectivity index (χ1) is 9.00. The smallest absolute Gasteiger partial charge is 0.276 e. The molecule has 102 valence electrons. The summed E-state index contributed by atoms with van der Waals surface area (Å²) in [6, 6.07) is 0.0517. The van der Waals surface area contributed by atoms with Crippen LogP contribution in [-0.2, 0) is 11.3 Å². The van der Waals surface area contributed by atoms with Gasteiger partial charge in [-0.25, -0.2) is 0 Å². The van der Waals surface area contributed by atoms with Crippen LogP contribution < -0.4 is 5.43 Å². The van der Waals surface area contributed by atoms with Gasteiger partial charge in [0.05, 0.1) is 13.2 Å². The minimum Gasteiger partial charge on any atom is -0.503 e. The van der Waals surface area contributed by atoms with Gasteiger partial charge in [-0.3, -0.25) is 9.59 Å². The van der Waals surface area contributed by atoms with Crippen molar-refractivity contribution in [2.24, 2.45) is 0 Å². The predicted octanol–water partition coefficient (Wildman–Crippen LogP) is 0.453. The van der Waals surface area contributed by atoms with Gasteiger partial charge in [-0.05, 0) is 20.3 Å². The maximum atomic E-state index is 12.5. The fraction of sp³-hybridized carbons (Fsp3) is 0.538. The minimum absolute atomic E-state index is 0.0517. The van der Waals surface area contributed by atoms with E-state index in [9.17, 15) is 14.7 Å². The Labute approximate surface area is 110 Å². The zero-order valence-electron chi connectivity index (χ0n) is 10.9. The number of amides is 1. The van der Waals surface area contributed by atoms with Gasteiger partial charge in [0.15, 0.2) is 17.7 Å². The molecule has 3 heterocycles. The topological polar surface area (TPSA) is 71.8 Å². The number of aryl methyl sites for hydroxylation is 1. The first-order valence-electron chi connectivity index (χ1n) is 6.38. The molecule has 1 N–H and O–H groups in total. The van der Waals surface area contributed by atoms with Crippen molar-refractivity contribution in [3.63, 3.8) is 0 Å². The largest absolute Gasteiger partial charge is 0.503 e. The van der Waals surface area contributed by atoms with Crippen molar-refractivity contribution in [2.45, 2.75) is 39.1 Å². The zero-order valence-corrected chi connectivity index (χ0v) is 10.9. The molecule has 19 heavy (non-hydrogen) atoms. The second-order valence-corrected chi connectivity index (χ2v) is 5.17. The van der Waals surface area contributed by atoms with E-state index < -0.39 is 11.2 Å². The first-order valence-corrected chi connectivity index (χ1v) is 6.38. The van der Waals surface area contributed by atoms with Crippen molar-refractivity contribution in [2.75, 3.05) is 6.61 Å². The highest BCUT2D eigenvalue weighted by molar-refractivity contribution is 5.96. The molecule has 1 aromatic rings. The van der Waals surface area contributed by atoms with Gasteiger partial charge >= 0.3 is 0 Å². The predicted molar refractivity (Wildman–Crippen MR) is 67.1 cm³/mol. The average Bonchev–Trinajstić information content (AvgIpc) is 2.35. The minimum atomic E-state index is -0.483. The number of rotatable bonds is 0. The van der Waals surface area contributed by atoms with Gasteiger partial charge in [0.2, 0.25) is 5.43 Å². The van der Waals surface area contributed by atoms with Crippen LogP contribution in [-0.4, -0.2) is 39.4 Å². The third kappa shape index (κ3) is 1.67. The number of carbonyl (C=O) groups is 1. The maximum absolute atomic E-state index is 12.5. The van der Waals surface area contributed by atoms with E-state index in [0.717, 1.165) is 6.42 Å². The van der Waals surface area contributed by atoms with Crippen molar-refractivity contribution >= 4 is 5.91 Å². The van der Waals surface area contributed by atoms with Crippen LogP contribution in [0.3, 0.4) is 0 Å². The van der Waals surface area contributed by atoms with E-state index in [0.29, 0.717) is 18.7 Å². The third-order valence-corrected chi connectivity index (χ3v) is 3.86. The summed E-state index contributed by atoms with van der Waals surface area (Å²) in [4.78, 5) is 25.9. The Kier molecular flexibility index (Phi) is 2.63. The summed E-state index contributed by atoms with van der Waals surface area (Å²) in [7, 11) is 0. The molecule has 3 rings (SSSR count).